The summed E-state index contributed by atoms with van der Waals surface area (Å²) in [6.07, 6.45) is -1.40. The number of nitrogens with two attached hydrogens (primary N) is 1. The zero-order chi connectivity index (χ0) is 11.8. The minimum atomic E-state index is -4.16. The first kappa shape index (κ1) is 12.1. The van der Waals surface area contributed by atoms with Crippen LogP contribution in [0.3, 0.4) is 0 Å². The third-order valence-electron chi connectivity index (χ3n) is 3.85. The first-order valence-electron chi connectivity index (χ1n) is 5.73. The van der Waals surface area contributed by atoms with Gasteiger partial charge >= 0.3 is 6.18 Å². The molecule has 2 saturated heterocycles. The van der Waals surface area contributed by atoms with Crippen molar-refractivity contribution in [2.45, 2.75) is 37.0 Å². The number of nitrogens with one attached hydrogen (secondary N) is 1. The number of halogens is 3. The van der Waals surface area contributed by atoms with Crippen molar-refractivity contribution in [2.24, 2.45) is 5.73 Å². The predicted molar refractivity (Wildman–Crippen MR) is 55.1 cm³/mol. The van der Waals surface area contributed by atoms with Gasteiger partial charge in [0.15, 0.2) is 0 Å². The lowest BCUT2D eigenvalue weighted by atomic mass is 9.88. The minimum absolute atomic E-state index is 0.194. The predicted octanol–water partition coefficient (Wildman–Crippen LogP) is 0.704. The average Bonchev–Trinajstić information content (AvgIpc) is 2.75. The number of hydrogen-bond acceptors (Lipinski definition) is 3. The van der Waals surface area contributed by atoms with Crippen LogP contribution < -0.4 is 11.1 Å². The highest BCUT2D eigenvalue weighted by atomic mass is 19.4. The van der Waals surface area contributed by atoms with Gasteiger partial charge in [0.25, 0.3) is 0 Å². The van der Waals surface area contributed by atoms with Crippen LogP contribution in [0.2, 0.25) is 0 Å². The summed E-state index contributed by atoms with van der Waals surface area (Å²) in [6.45, 7) is 1.21. The number of nitrogens with zero attached hydrogens (tertiary/aromatic N) is 1. The smallest absolute Gasteiger partial charge is 0.329 e. The summed E-state index contributed by atoms with van der Waals surface area (Å²) in [5, 5.41) is 2.66. The Labute approximate surface area is 93.2 Å². The lowest BCUT2D eigenvalue weighted by Gasteiger charge is -2.35. The maximum Gasteiger partial charge on any atom is 0.401 e. The number of alkyl halides is 3. The van der Waals surface area contributed by atoms with Gasteiger partial charge in [0.05, 0.1) is 6.54 Å². The summed E-state index contributed by atoms with van der Waals surface area (Å²) in [7, 11) is 0. The van der Waals surface area contributed by atoms with E-state index >= 15 is 0 Å². The second-order valence-electron chi connectivity index (χ2n) is 4.77. The summed E-state index contributed by atoms with van der Waals surface area (Å²) < 4.78 is 36.7. The molecular formula is C10H18F3N3. The van der Waals surface area contributed by atoms with Crippen LogP contribution in [0.1, 0.15) is 19.3 Å². The molecule has 2 fully saturated rings. The molecule has 0 saturated carbocycles. The van der Waals surface area contributed by atoms with Crippen LogP contribution in [-0.4, -0.2) is 48.8 Å². The number of hydrogen-bond donors (Lipinski definition) is 2. The number of fused-ring (bicyclic) bond motifs is 1. The van der Waals surface area contributed by atoms with E-state index in [4.69, 9.17) is 5.73 Å². The normalized spacial score (nSPS) is 35.6. The van der Waals surface area contributed by atoms with E-state index in [1.165, 1.54) is 0 Å². The Morgan fingerprint density at radius 2 is 2.12 bits per heavy atom. The van der Waals surface area contributed by atoms with Crippen LogP contribution in [0.25, 0.3) is 0 Å². The van der Waals surface area contributed by atoms with Gasteiger partial charge < -0.3 is 11.1 Å². The highest BCUT2D eigenvalue weighted by Crippen LogP contribution is 2.35. The molecule has 0 radical (unpaired) electrons. The summed E-state index contributed by atoms with van der Waals surface area (Å²) >= 11 is 0. The average molecular weight is 237 g/mol. The van der Waals surface area contributed by atoms with Gasteiger partial charge in [-0.05, 0) is 25.8 Å². The molecule has 0 aromatic carbocycles. The van der Waals surface area contributed by atoms with Crippen molar-refractivity contribution in [1.29, 1.82) is 0 Å². The van der Waals surface area contributed by atoms with E-state index < -0.39 is 18.3 Å². The van der Waals surface area contributed by atoms with Gasteiger partial charge in [-0.3, -0.25) is 4.90 Å². The van der Waals surface area contributed by atoms with Crippen LogP contribution in [0.15, 0.2) is 0 Å². The molecule has 94 valence electrons. The van der Waals surface area contributed by atoms with Crippen LogP contribution in [-0.2, 0) is 0 Å². The van der Waals surface area contributed by atoms with E-state index in [0.717, 1.165) is 32.4 Å². The van der Waals surface area contributed by atoms with Crippen LogP contribution in [0.4, 0.5) is 13.2 Å². The Hall–Kier alpha value is -0.330. The van der Waals surface area contributed by atoms with Crippen LogP contribution >= 0.6 is 0 Å². The van der Waals surface area contributed by atoms with Crippen molar-refractivity contribution < 1.29 is 13.2 Å². The summed E-state index contributed by atoms with van der Waals surface area (Å²) in [4.78, 5) is 2.26. The molecule has 2 aliphatic heterocycles. The fourth-order valence-electron chi connectivity index (χ4n) is 3.02. The van der Waals surface area contributed by atoms with Gasteiger partial charge in [-0.2, -0.15) is 13.2 Å². The van der Waals surface area contributed by atoms with Gasteiger partial charge in [-0.25, -0.2) is 0 Å². The topological polar surface area (TPSA) is 41.3 Å². The second kappa shape index (κ2) is 4.16. The van der Waals surface area contributed by atoms with Crippen molar-refractivity contribution in [2.75, 3.05) is 26.2 Å². The molecule has 6 heteroatoms. The highest BCUT2D eigenvalue weighted by Gasteiger charge is 2.49. The molecule has 2 heterocycles. The molecule has 2 atom stereocenters. The maximum atomic E-state index is 12.2. The van der Waals surface area contributed by atoms with Crippen molar-refractivity contribution in [3.63, 3.8) is 0 Å². The zero-order valence-corrected chi connectivity index (χ0v) is 9.19. The second-order valence-corrected chi connectivity index (χ2v) is 4.77. The van der Waals surface area contributed by atoms with Crippen molar-refractivity contribution in [3.05, 3.63) is 0 Å². The molecule has 2 unspecified atom stereocenters. The molecule has 2 aliphatic rings. The highest BCUT2D eigenvalue weighted by molar-refractivity contribution is 5.08. The quantitative estimate of drug-likeness (QED) is 0.759. The summed E-state index contributed by atoms with van der Waals surface area (Å²) in [6, 6.07) is 0.194. The molecule has 3 nitrogen and oxygen atoms in total. The molecule has 0 spiro atoms. The monoisotopic (exact) mass is 237 g/mol. The molecule has 0 amide bonds. The van der Waals surface area contributed by atoms with E-state index in [-0.39, 0.29) is 12.6 Å². The Kier molecular flexibility index (Phi) is 3.16. The summed E-state index contributed by atoms with van der Waals surface area (Å²) in [5.41, 5.74) is 5.18. The zero-order valence-electron chi connectivity index (χ0n) is 9.19. The van der Waals surface area contributed by atoms with Gasteiger partial charge in [0, 0.05) is 24.7 Å². The Bertz CT molecular complexity index is 256. The largest absolute Gasteiger partial charge is 0.401 e. The van der Waals surface area contributed by atoms with Gasteiger partial charge in [-0.15, -0.1) is 0 Å². The van der Waals surface area contributed by atoms with Crippen LogP contribution in [0, 0.1) is 0 Å². The van der Waals surface area contributed by atoms with E-state index in [2.05, 4.69) is 10.2 Å². The maximum absolute atomic E-state index is 12.2. The van der Waals surface area contributed by atoms with Gasteiger partial charge in [0.1, 0.15) is 0 Å². The standard InChI is InChI=1S/C10H18F3N3/c11-10(12,13)7-15-9(6-14)3-5-16-4-1-2-8(9)16/h8,15H,1-7,14H2. The lowest BCUT2D eigenvalue weighted by Crippen LogP contribution is -2.59. The number of rotatable bonds is 3. The first-order valence-corrected chi connectivity index (χ1v) is 5.73. The SMILES string of the molecule is NCC1(NCC(F)(F)F)CCN2CCCC21. The molecule has 0 aliphatic carbocycles. The molecule has 3 N–H and O–H groups in total. The third kappa shape index (κ3) is 2.19. The molecule has 2 rings (SSSR count). The van der Waals surface area contributed by atoms with E-state index in [1.54, 1.807) is 0 Å². The molecule has 0 aromatic heterocycles. The lowest BCUT2D eigenvalue weighted by molar-refractivity contribution is -0.129. The van der Waals surface area contributed by atoms with E-state index in [9.17, 15) is 13.2 Å². The Balaban J connectivity index is 2.02. The van der Waals surface area contributed by atoms with Crippen molar-refractivity contribution in [1.82, 2.24) is 10.2 Å². The Morgan fingerprint density at radius 1 is 1.38 bits per heavy atom. The van der Waals surface area contributed by atoms with E-state index in [0.29, 0.717) is 0 Å². The molecular weight excluding hydrogens is 219 g/mol. The molecule has 16 heavy (non-hydrogen) atoms. The first-order chi connectivity index (χ1) is 7.47. The Morgan fingerprint density at radius 3 is 2.75 bits per heavy atom. The minimum Gasteiger partial charge on any atom is -0.329 e. The fourth-order valence-corrected chi connectivity index (χ4v) is 3.02. The van der Waals surface area contributed by atoms with E-state index in [1.807, 2.05) is 0 Å². The van der Waals surface area contributed by atoms with Crippen LogP contribution in [0.5, 0.6) is 0 Å². The third-order valence-corrected chi connectivity index (χ3v) is 3.85. The summed E-state index contributed by atoms with van der Waals surface area (Å²) in [5.74, 6) is 0. The molecule has 0 bridgehead atoms. The molecule has 0 aromatic rings. The van der Waals surface area contributed by atoms with Gasteiger partial charge in [-0.1, -0.05) is 0 Å². The van der Waals surface area contributed by atoms with Gasteiger partial charge in [0.2, 0.25) is 0 Å². The van der Waals surface area contributed by atoms with Crippen molar-refractivity contribution >= 4 is 0 Å². The fraction of sp³-hybridized carbons (Fsp3) is 1.00. The van der Waals surface area contributed by atoms with Crippen molar-refractivity contribution in [3.8, 4) is 0 Å².